The van der Waals surface area contributed by atoms with Crippen LogP contribution in [0.1, 0.15) is 37.3 Å². The second-order valence-electron chi connectivity index (χ2n) is 7.00. The number of halogens is 1. The van der Waals surface area contributed by atoms with Crippen LogP contribution in [0.5, 0.6) is 0 Å². The zero-order valence-corrected chi connectivity index (χ0v) is 17.3. The van der Waals surface area contributed by atoms with E-state index in [1.165, 1.54) is 4.31 Å². The number of nitrogens with one attached hydrogen (secondary N) is 1. The van der Waals surface area contributed by atoms with Gasteiger partial charge in [0.1, 0.15) is 0 Å². The summed E-state index contributed by atoms with van der Waals surface area (Å²) >= 11 is 0. The van der Waals surface area contributed by atoms with Crippen molar-refractivity contribution in [3.63, 3.8) is 0 Å². The Bertz CT molecular complexity index is 714. The fourth-order valence-corrected chi connectivity index (χ4v) is 4.83. The van der Waals surface area contributed by atoms with Gasteiger partial charge in [0, 0.05) is 31.6 Å². The lowest BCUT2D eigenvalue weighted by molar-refractivity contribution is -0.126. The molecule has 1 fully saturated rings. The zero-order chi connectivity index (χ0) is 18.6. The number of carbonyl (C=O) groups is 1. The molecule has 26 heavy (non-hydrogen) atoms. The lowest BCUT2D eigenvalue weighted by atomic mass is 9.97. The van der Waals surface area contributed by atoms with Gasteiger partial charge in [0.2, 0.25) is 15.9 Å². The quantitative estimate of drug-likeness (QED) is 0.759. The molecule has 1 unspecified atom stereocenters. The van der Waals surface area contributed by atoms with Crippen molar-refractivity contribution in [1.29, 1.82) is 0 Å². The van der Waals surface area contributed by atoms with Gasteiger partial charge in [0.15, 0.2) is 0 Å². The first-order chi connectivity index (χ1) is 11.7. The fourth-order valence-electron chi connectivity index (χ4n) is 3.15. The number of hydrogen-bond donors (Lipinski definition) is 2. The highest BCUT2D eigenvalue weighted by atomic mass is 35.5. The Morgan fingerprint density at radius 2 is 1.92 bits per heavy atom. The zero-order valence-electron chi connectivity index (χ0n) is 15.7. The van der Waals surface area contributed by atoms with Gasteiger partial charge in [0.05, 0.1) is 4.90 Å². The van der Waals surface area contributed by atoms with Gasteiger partial charge in [-0.2, -0.15) is 4.31 Å². The molecule has 0 saturated carbocycles. The molecule has 8 heteroatoms. The average molecular weight is 404 g/mol. The van der Waals surface area contributed by atoms with Crippen molar-refractivity contribution in [3.8, 4) is 0 Å². The summed E-state index contributed by atoms with van der Waals surface area (Å²) in [7, 11) is -3.50. The van der Waals surface area contributed by atoms with Gasteiger partial charge in [-0.05, 0) is 51.7 Å². The molecule has 1 aromatic carbocycles. The molecule has 6 nitrogen and oxygen atoms in total. The molecule has 1 saturated heterocycles. The maximum atomic E-state index is 12.9. The van der Waals surface area contributed by atoms with Crippen LogP contribution in [0, 0.1) is 19.8 Å². The van der Waals surface area contributed by atoms with Crippen LogP contribution in [0.4, 0.5) is 0 Å². The Kier molecular flexibility index (Phi) is 8.53. The van der Waals surface area contributed by atoms with Crippen LogP contribution in [0.25, 0.3) is 0 Å². The summed E-state index contributed by atoms with van der Waals surface area (Å²) in [5.74, 6) is -0.122. The van der Waals surface area contributed by atoms with Crippen LogP contribution in [0.2, 0.25) is 0 Å². The molecule has 1 aromatic rings. The topological polar surface area (TPSA) is 92.5 Å². The van der Waals surface area contributed by atoms with Gasteiger partial charge in [0.25, 0.3) is 0 Å². The Morgan fingerprint density at radius 1 is 1.31 bits per heavy atom. The molecule has 1 aliphatic heterocycles. The molecule has 1 amide bonds. The van der Waals surface area contributed by atoms with E-state index in [-0.39, 0.29) is 30.3 Å². The number of amides is 1. The Morgan fingerprint density at radius 3 is 2.46 bits per heavy atom. The number of nitrogens with zero attached hydrogens (tertiary/aromatic N) is 1. The minimum absolute atomic E-state index is 0. The lowest BCUT2D eigenvalue weighted by Crippen LogP contribution is -2.43. The van der Waals surface area contributed by atoms with E-state index in [1.807, 2.05) is 32.9 Å². The van der Waals surface area contributed by atoms with E-state index in [9.17, 15) is 13.2 Å². The Balaban J connectivity index is 0.00000338. The van der Waals surface area contributed by atoms with Crippen molar-refractivity contribution in [2.45, 2.75) is 51.0 Å². The number of hydrogen-bond acceptors (Lipinski definition) is 4. The number of sulfonamides is 1. The van der Waals surface area contributed by atoms with Gasteiger partial charge in [-0.1, -0.05) is 17.7 Å². The van der Waals surface area contributed by atoms with Gasteiger partial charge in [-0.15, -0.1) is 12.4 Å². The monoisotopic (exact) mass is 403 g/mol. The molecule has 2 rings (SSSR count). The maximum Gasteiger partial charge on any atom is 0.243 e. The second-order valence-corrected chi connectivity index (χ2v) is 8.91. The van der Waals surface area contributed by atoms with E-state index in [0.717, 1.165) is 17.5 Å². The highest BCUT2D eigenvalue weighted by molar-refractivity contribution is 7.89. The SMILES string of the molecule is Cc1ccc(S(=O)(=O)N2CCC(C(=O)NCCC(C)N)CC2)c(C)c1.Cl. The minimum atomic E-state index is -3.50. The first-order valence-electron chi connectivity index (χ1n) is 8.82. The van der Waals surface area contributed by atoms with Crippen LogP contribution < -0.4 is 11.1 Å². The van der Waals surface area contributed by atoms with E-state index in [1.54, 1.807) is 6.07 Å². The number of aryl methyl sites for hydroxylation is 2. The standard InChI is InChI=1S/C18H29N3O3S.ClH/c1-13-4-5-17(14(2)12-13)25(23,24)21-10-7-16(8-11-21)18(22)20-9-6-15(3)19;/h4-5,12,15-16H,6-11,19H2,1-3H3,(H,20,22);1H. The molecular weight excluding hydrogens is 374 g/mol. The summed E-state index contributed by atoms with van der Waals surface area (Å²) in [5.41, 5.74) is 7.48. The molecule has 0 bridgehead atoms. The Labute approximate surface area is 163 Å². The number of benzene rings is 1. The molecule has 0 spiro atoms. The summed E-state index contributed by atoms with van der Waals surface area (Å²) in [6.45, 7) is 6.99. The van der Waals surface area contributed by atoms with E-state index < -0.39 is 10.0 Å². The first kappa shape index (κ1) is 22.9. The van der Waals surface area contributed by atoms with Crippen molar-refractivity contribution >= 4 is 28.3 Å². The summed E-state index contributed by atoms with van der Waals surface area (Å²) in [6, 6.07) is 5.43. The van der Waals surface area contributed by atoms with Crippen LogP contribution in [-0.2, 0) is 14.8 Å². The van der Waals surface area contributed by atoms with E-state index in [4.69, 9.17) is 5.73 Å². The van der Waals surface area contributed by atoms with Crippen LogP contribution in [0.15, 0.2) is 23.1 Å². The molecule has 3 N–H and O–H groups in total. The van der Waals surface area contributed by atoms with Crippen molar-refractivity contribution < 1.29 is 13.2 Å². The van der Waals surface area contributed by atoms with Gasteiger partial charge < -0.3 is 11.1 Å². The van der Waals surface area contributed by atoms with E-state index in [2.05, 4.69) is 5.32 Å². The summed E-state index contributed by atoms with van der Waals surface area (Å²) in [4.78, 5) is 12.5. The van der Waals surface area contributed by atoms with Crippen molar-refractivity contribution in [2.24, 2.45) is 11.7 Å². The molecule has 1 atom stereocenters. The normalized spacial score (nSPS) is 17.4. The molecule has 1 heterocycles. The minimum Gasteiger partial charge on any atom is -0.356 e. The van der Waals surface area contributed by atoms with Gasteiger partial charge in [-0.3, -0.25) is 4.79 Å². The molecule has 1 aliphatic rings. The third kappa shape index (κ3) is 5.67. The third-order valence-electron chi connectivity index (χ3n) is 4.67. The number of piperidine rings is 1. The van der Waals surface area contributed by atoms with Gasteiger partial charge in [-0.25, -0.2) is 8.42 Å². The summed E-state index contributed by atoms with van der Waals surface area (Å²) in [5, 5.41) is 2.90. The number of nitrogens with two attached hydrogens (primary N) is 1. The van der Waals surface area contributed by atoms with Crippen molar-refractivity contribution in [2.75, 3.05) is 19.6 Å². The summed E-state index contributed by atoms with van der Waals surface area (Å²) < 4.78 is 27.2. The lowest BCUT2D eigenvalue weighted by Gasteiger charge is -2.31. The van der Waals surface area contributed by atoms with Crippen molar-refractivity contribution in [1.82, 2.24) is 9.62 Å². The number of carbonyl (C=O) groups excluding carboxylic acids is 1. The molecule has 0 aromatic heterocycles. The Hall–Kier alpha value is -1.15. The van der Waals surface area contributed by atoms with Crippen molar-refractivity contribution in [3.05, 3.63) is 29.3 Å². The molecule has 0 radical (unpaired) electrons. The number of rotatable bonds is 6. The van der Waals surface area contributed by atoms with E-state index >= 15 is 0 Å². The van der Waals surface area contributed by atoms with Crippen LogP contribution in [0.3, 0.4) is 0 Å². The fraction of sp³-hybridized carbons (Fsp3) is 0.611. The highest BCUT2D eigenvalue weighted by Crippen LogP contribution is 2.26. The second kappa shape index (κ2) is 9.69. The third-order valence-corrected chi connectivity index (χ3v) is 6.73. The largest absolute Gasteiger partial charge is 0.356 e. The molecular formula is C18H30ClN3O3S. The smallest absolute Gasteiger partial charge is 0.243 e. The van der Waals surface area contributed by atoms with Crippen LogP contribution >= 0.6 is 12.4 Å². The summed E-state index contributed by atoms with van der Waals surface area (Å²) in [6.07, 6.45) is 1.84. The predicted octanol–water partition coefficient (Wildman–Crippen LogP) is 1.98. The highest BCUT2D eigenvalue weighted by Gasteiger charge is 2.32. The van der Waals surface area contributed by atoms with E-state index in [0.29, 0.717) is 37.4 Å². The van der Waals surface area contributed by atoms with Crippen LogP contribution in [-0.4, -0.2) is 44.3 Å². The molecule has 148 valence electrons. The molecule has 0 aliphatic carbocycles. The average Bonchev–Trinajstić information content (AvgIpc) is 2.54. The predicted molar refractivity (Wildman–Crippen MR) is 106 cm³/mol. The first-order valence-corrected chi connectivity index (χ1v) is 10.3. The van der Waals surface area contributed by atoms with Gasteiger partial charge >= 0.3 is 0 Å². The maximum absolute atomic E-state index is 12.9.